The van der Waals surface area contributed by atoms with Crippen molar-refractivity contribution in [1.82, 2.24) is 4.98 Å². The van der Waals surface area contributed by atoms with Crippen molar-refractivity contribution in [1.29, 1.82) is 0 Å². The Morgan fingerprint density at radius 3 is 2.54 bits per heavy atom. The summed E-state index contributed by atoms with van der Waals surface area (Å²) in [4.78, 5) is 3.07. The van der Waals surface area contributed by atoms with Gasteiger partial charge in [-0.2, -0.15) is 4.39 Å². The highest BCUT2D eigenvalue weighted by molar-refractivity contribution is 9.10. The first-order valence-corrected chi connectivity index (χ1v) is 4.58. The lowest BCUT2D eigenvalue weighted by molar-refractivity contribution is 0.144. The molecule has 1 heterocycles. The summed E-state index contributed by atoms with van der Waals surface area (Å²) in [6.45, 7) is 0. The number of nitrogens with zero attached hydrogens (tertiary/aromatic N) is 1. The van der Waals surface area contributed by atoms with Gasteiger partial charge in [-0.15, -0.1) is 11.6 Å². The van der Waals surface area contributed by atoms with Crippen molar-refractivity contribution < 1.29 is 13.2 Å². The first-order valence-electron chi connectivity index (χ1n) is 3.25. The van der Waals surface area contributed by atoms with E-state index in [2.05, 4.69) is 20.9 Å². The summed E-state index contributed by atoms with van der Waals surface area (Å²) in [6, 6.07) is 1.06. The molecule has 0 saturated heterocycles. The van der Waals surface area contributed by atoms with Crippen LogP contribution in [0.3, 0.4) is 0 Å². The Hall–Kier alpha value is -0.290. The van der Waals surface area contributed by atoms with Gasteiger partial charge in [0.05, 0.1) is 5.88 Å². The van der Waals surface area contributed by atoms with Crippen molar-refractivity contribution in [3.05, 3.63) is 27.7 Å². The molecule has 1 rings (SSSR count). The van der Waals surface area contributed by atoms with Gasteiger partial charge in [-0.25, -0.2) is 13.8 Å². The zero-order valence-electron chi connectivity index (χ0n) is 6.20. The van der Waals surface area contributed by atoms with Crippen LogP contribution in [0.25, 0.3) is 0 Å². The average molecular weight is 274 g/mol. The molecule has 6 heteroatoms. The molecule has 0 aliphatic rings. The van der Waals surface area contributed by atoms with Gasteiger partial charge in [0, 0.05) is 10.0 Å². The lowest BCUT2D eigenvalue weighted by Crippen LogP contribution is -1.98. The zero-order chi connectivity index (χ0) is 10.0. The van der Waals surface area contributed by atoms with Gasteiger partial charge < -0.3 is 0 Å². The van der Waals surface area contributed by atoms with Crippen LogP contribution in [0, 0.1) is 5.95 Å². The van der Waals surface area contributed by atoms with Crippen molar-refractivity contribution >= 4 is 27.5 Å². The minimum absolute atomic E-state index is 0.0890. The largest absolute Gasteiger partial charge is 0.280 e. The molecule has 0 unspecified atom stereocenters. The molecule has 0 bridgehead atoms. The summed E-state index contributed by atoms with van der Waals surface area (Å²) < 4.78 is 37.3. The molecular weight excluding hydrogens is 270 g/mol. The monoisotopic (exact) mass is 273 g/mol. The predicted octanol–water partition coefficient (Wildman–Crippen LogP) is 3.66. The Morgan fingerprint density at radius 1 is 1.54 bits per heavy atom. The van der Waals surface area contributed by atoms with E-state index in [4.69, 9.17) is 11.6 Å². The third-order valence-corrected chi connectivity index (χ3v) is 2.37. The molecule has 0 aromatic carbocycles. The van der Waals surface area contributed by atoms with E-state index in [0.717, 1.165) is 6.07 Å². The van der Waals surface area contributed by atoms with E-state index in [1.54, 1.807) is 0 Å². The van der Waals surface area contributed by atoms with Crippen LogP contribution in [0.1, 0.15) is 17.7 Å². The van der Waals surface area contributed by atoms with Gasteiger partial charge in [0.15, 0.2) is 0 Å². The van der Waals surface area contributed by atoms with E-state index in [9.17, 15) is 13.2 Å². The Bertz CT molecular complexity index is 296. The molecule has 0 N–H and O–H groups in total. The summed E-state index contributed by atoms with van der Waals surface area (Å²) >= 11 is 8.30. The minimum Gasteiger partial charge on any atom is -0.218 e. The van der Waals surface area contributed by atoms with Crippen LogP contribution in [-0.4, -0.2) is 4.98 Å². The molecule has 72 valence electrons. The number of aromatic nitrogens is 1. The molecule has 1 aromatic rings. The van der Waals surface area contributed by atoms with Gasteiger partial charge >= 0.3 is 0 Å². The van der Waals surface area contributed by atoms with Crippen molar-refractivity contribution in [2.75, 3.05) is 0 Å². The first kappa shape index (κ1) is 10.8. The number of hydrogen-bond donors (Lipinski definition) is 0. The van der Waals surface area contributed by atoms with E-state index < -0.39 is 18.1 Å². The standard InChI is InChI=1S/C7H4BrClF3N/c8-4-1-5(6(10)11)13-7(12)3(4)2-9/h1,6H,2H2. The molecule has 0 radical (unpaired) electrons. The van der Waals surface area contributed by atoms with Gasteiger partial charge in [0.25, 0.3) is 6.43 Å². The second-order valence-corrected chi connectivity index (χ2v) is 3.35. The minimum atomic E-state index is -2.78. The predicted molar refractivity (Wildman–Crippen MR) is 46.4 cm³/mol. The molecule has 0 fully saturated rings. The normalized spacial score (nSPS) is 10.9. The highest BCUT2D eigenvalue weighted by atomic mass is 79.9. The Morgan fingerprint density at radius 2 is 2.15 bits per heavy atom. The van der Waals surface area contributed by atoms with E-state index in [1.165, 1.54) is 0 Å². The molecule has 0 spiro atoms. The second-order valence-electron chi connectivity index (χ2n) is 2.23. The van der Waals surface area contributed by atoms with Gasteiger partial charge in [-0.05, 0) is 6.07 Å². The maximum Gasteiger partial charge on any atom is 0.280 e. The molecule has 0 amide bonds. The smallest absolute Gasteiger partial charge is 0.218 e. The molecule has 0 aliphatic carbocycles. The molecule has 0 saturated carbocycles. The average Bonchev–Trinajstić information content (AvgIpc) is 2.03. The maximum absolute atomic E-state index is 12.9. The highest BCUT2D eigenvalue weighted by Gasteiger charge is 2.15. The van der Waals surface area contributed by atoms with Gasteiger partial charge in [0.1, 0.15) is 5.69 Å². The van der Waals surface area contributed by atoms with Gasteiger partial charge in [-0.3, -0.25) is 0 Å². The van der Waals surface area contributed by atoms with Crippen molar-refractivity contribution in [3.8, 4) is 0 Å². The van der Waals surface area contributed by atoms with Crippen LogP contribution in [0.5, 0.6) is 0 Å². The van der Waals surface area contributed by atoms with E-state index in [-0.39, 0.29) is 15.9 Å². The maximum atomic E-state index is 12.9. The molecule has 0 aliphatic heterocycles. The fourth-order valence-electron chi connectivity index (χ4n) is 0.759. The van der Waals surface area contributed by atoms with Crippen molar-refractivity contribution in [3.63, 3.8) is 0 Å². The van der Waals surface area contributed by atoms with Crippen LogP contribution in [0.15, 0.2) is 10.5 Å². The third kappa shape index (κ3) is 2.34. The molecule has 1 nitrogen and oxygen atoms in total. The fraction of sp³-hybridized carbons (Fsp3) is 0.286. The SMILES string of the molecule is Fc1nc(C(F)F)cc(Br)c1CCl. The molecule has 13 heavy (non-hydrogen) atoms. The van der Waals surface area contributed by atoms with Gasteiger partial charge in [0.2, 0.25) is 5.95 Å². The number of alkyl halides is 3. The number of pyridine rings is 1. The van der Waals surface area contributed by atoms with Gasteiger partial charge in [-0.1, -0.05) is 15.9 Å². The molecular formula is C7H4BrClF3N. The van der Waals surface area contributed by atoms with Crippen LogP contribution in [-0.2, 0) is 5.88 Å². The third-order valence-electron chi connectivity index (χ3n) is 1.40. The number of halogens is 5. The number of rotatable bonds is 2. The van der Waals surface area contributed by atoms with Crippen molar-refractivity contribution in [2.24, 2.45) is 0 Å². The lowest BCUT2D eigenvalue weighted by Gasteiger charge is -2.04. The first-order chi connectivity index (χ1) is 6.06. The summed E-state index contributed by atoms with van der Waals surface area (Å²) in [7, 11) is 0. The topological polar surface area (TPSA) is 12.9 Å². The summed E-state index contributed by atoms with van der Waals surface area (Å²) in [5, 5.41) is 0. The van der Waals surface area contributed by atoms with E-state index in [0.29, 0.717) is 0 Å². The van der Waals surface area contributed by atoms with Crippen LogP contribution < -0.4 is 0 Å². The summed E-state index contributed by atoms with van der Waals surface area (Å²) in [5.41, 5.74) is -0.510. The van der Waals surface area contributed by atoms with E-state index >= 15 is 0 Å². The van der Waals surface area contributed by atoms with Crippen molar-refractivity contribution in [2.45, 2.75) is 12.3 Å². The Kier molecular flexibility index (Phi) is 3.55. The number of hydrogen-bond acceptors (Lipinski definition) is 1. The highest BCUT2D eigenvalue weighted by Crippen LogP contribution is 2.26. The molecule has 0 atom stereocenters. The summed E-state index contributed by atoms with van der Waals surface area (Å²) in [5.74, 6) is -1.07. The summed E-state index contributed by atoms with van der Waals surface area (Å²) in [6.07, 6.45) is -2.78. The second kappa shape index (κ2) is 4.28. The quantitative estimate of drug-likeness (QED) is 0.592. The van der Waals surface area contributed by atoms with Crippen LogP contribution >= 0.6 is 27.5 Å². The Labute approximate surface area is 86.0 Å². The van der Waals surface area contributed by atoms with E-state index in [1.807, 2.05) is 0 Å². The zero-order valence-corrected chi connectivity index (χ0v) is 8.54. The van der Waals surface area contributed by atoms with Crippen LogP contribution in [0.4, 0.5) is 13.2 Å². The van der Waals surface area contributed by atoms with Crippen LogP contribution in [0.2, 0.25) is 0 Å². The lowest BCUT2D eigenvalue weighted by atomic mass is 10.2. The fourth-order valence-corrected chi connectivity index (χ4v) is 1.71. The molecule has 1 aromatic heterocycles. The Balaban J connectivity index is 3.20.